The van der Waals surface area contributed by atoms with Crippen LogP contribution in [0.4, 0.5) is 20.2 Å². The number of ether oxygens (including phenoxy) is 1. The summed E-state index contributed by atoms with van der Waals surface area (Å²) in [5.74, 6) is -0.548. The average molecular weight is 292 g/mol. The molecule has 0 atom stereocenters. The van der Waals surface area contributed by atoms with Crippen LogP contribution in [0.25, 0.3) is 0 Å². The fourth-order valence-electron chi connectivity index (χ4n) is 1.74. The van der Waals surface area contributed by atoms with Gasteiger partial charge in [-0.25, -0.2) is 0 Å². The summed E-state index contributed by atoms with van der Waals surface area (Å²) in [6.45, 7) is -1.14. The highest BCUT2D eigenvalue weighted by atomic mass is 19.3. The number of benzene rings is 2. The smallest absolute Gasteiger partial charge is 0.387 e. The monoisotopic (exact) mass is 292 g/mol. The first-order chi connectivity index (χ1) is 9.97. The van der Waals surface area contributed by atoms with E-state index >= 15 is 0 Å². The molecular formula is C15H14F2N2O2. The molecule has 0 bridgehead atoms. The molecule has 2 aromatic carbocycles. The van der Waals surface area contributed by atoms with Crippen molar-refractivity contribution in [1.82, 2.24) is 0 Å². The van der Waals surface area contributed by atoms with Gasteiger partial charge in [-0.1, -0.05) is 18.2 Å². The summed E-state index contributed by atoms with van der Waals surface area (Å²) in [4.78, 5) is 12.1. The average Bonchev–Trinajstić information content (AvgIpc) is 2.43. The molecule has 0 aromatic heterocycles. The Bertz CT molecular complexity index is 660. The Labute approximate surface area is 120 Å². The highest BCUT2D eigenvalue weighted by molar-refractivity contribution is 6.05. The van der Waals surface area contributed by atoms with Crippen LogP contribution in [0.2, 0.25) is 0 Å². The summed E-state index contributed by atoms with van der Waals surface area (Å²) in [5, 5.41) is 2.53. The lowest BCUT2D eigenvalue weighted by Crippen LogP contribution is -2.14. The Morgan fingerprint density at radius 2 is 1.95 bits per heavy atom. The van der Waals surface area contributed by atoms with Gasteiger partial charge in [0.15, 0.2) is 0 Å². The molecule has 1 amide bonds. The van der Waals surface area contributed by atoms with Crippen LogP contribution in [0.5, 0.6) is 5.75 Å². The summed E-state index contributed by atoms with van der Waals surface area (Å²) in [7, 11) is 0. The number of rotatable bonds is 4. The molecule has 4 nitrogen and oxygen atoms in total. The van der Waals surface area contributed by atoms with Crippen molar-refractivity contribution in [2.75, 3.05) is 11.1 Å². The van der Waals surface area contributed by atoms with E-state index in [2.05, 4.69) is 10.1 Å². The van der Waals surface area contributed by atoms with Gasteiger partial charge in [0.25, 0.3) is 5.91 Å². The zero-order valence-corrected chi connectivity index (χ0v) is 11.3. The lowest BCUT2D eigenvalue weighted by molar-refractivity contribution is -0.0493. The lowest BCUT2D eigenvalue weighted by atomic mass is 10.1. The Balaban J connectivity index is 2.21. The first kappa shape index (κ1) is 14.8. The SMILES string of the molecule is Cc1ccc(C(=O)Nc2ccccc2OC(F)F)cc1N. The van der Waals surface area contributed by atoms with Crippen LogP contribution >= 0.6 is 0 Å². The van der Waals surface area contributed by atoms with E-state index in [0.29, 0.717) is 11.3 Å². The molecule has 2 aromatic rings. The molecule has 0 aliphatic carbocycles. The summed E-state index contributed by atoms with van der Waals surface area (Å²) in [6, 6.07) is 10.8. The van der Waals surface area contributed by atoms with Crippen LogP contribution in [0.15, 0.2) is 42.5 Å². The number of para-hydroxylation sites is 2. The van der Waals surface area contributed by atoms with Crippen molar-refractivity contribution in [3.63, 3.8) is 0 Å². The van der Waals surface area contributed by atoms with Crippen molar-refractivity contribution < 1.29 is 18.3 Å². The maximum Gasteiger partial charge on any atom is 0.387 e. The van der Waals surface area contributed by atoms with Crippen molar-refractivity contribution in [1.29, 1.82) is 0 Å². The quantitative estimate of drug-likeness (QED) is 0.848. The number of carbonyl (C=O) groups excluding carboxylic acids is 1. The minimum Gasteiger partial charge on any atom is -0.433 e. The Morgan fingerprint density at radius 1 is 1.24 bits per heavy atom. The molecule has 6 heteroatoms. The second-order valence-corrected chi connectivity index (χ2v) is 4.40. The van der Waals surface area contributed by atoms with E-state index in [0.717, 1.165) is 5.56 Å². The van der Waals surface area contributed by atoms with Gasteiger partial charge < -0.3 is 15.8 Å². The molecule has 0 saturated heterocycles. The Morgan fingerprint density at radius 3 is 2.62 bits per heavy atom. The number of anilines is 2. The topological polar surface area (TPSA) is 64.3 Å². The molecule has 0 radical (unpaired) electrons. The minimum absolute atomic E-state index is 0.0964. The maximum atomic E-state index is 12.3. The molecule has 0 fully saturated rings. The van der Waals surface area contributed by atoms with Crippen molar-refractivity contribution in [3.05, 3.63) is 53.6 Å². The number of alkyl halides is 2. The van der Waals surface area contributed by atoms with Crippen LogP contribution in [0.1, 0.15) is 15.9 Å². The molecule has 0 saturated carbocycles. The number of carbonyl (C=O) groups is 1. The number of hydrogen-bond donors (Lipinski definition) is 2. The second-order valence-electron chi connectivity index (χ2n) is 4.40. The molecule has 0 heterocycles. The van der Waals surface area contributed by atoms with Crippen LogP contribution in [0.3, 0.4) is 0 Å². The van der Waals surface area contributed by atoms with Gasteiger partial charge in [-0.3, -0.25) is 4.79 Å². The van der Waals surface area contributed by atoms with E-state index in [4.69, 9.17) is 5.73 Å². The summed E-state index contributed by atoms with van der Waals surface area (Å²) in [5.41, 5.74) is 7.59. The molecule has 0 aliphatic heterocycles. The number of amides is 1. The number of nitrogen functional groups attached to an aromatic ring is 1. The fraction of sp³-hybridized carbons (Fsp3) is 0.133. The molecule has 0 aliphatic rings. The van der Waals surface area contributed by atoms with Gasteiger partial charge in [0, 0.05) is 11.3 Å². The van der Waals surface area contributed by atoms with Gasteiger partial charge in [0.2, 0.25) is 0 Å². The molecule has 0 spiro atoms. The summed E-state index contributed by atoms with van der Waals surface area (Å²) >= 11 is 0. The third-order valence-corrected chi connectivity index (χ3v) is 2.89. The van der Waals surface area contributed by atoms with E-state index < -0.39 is 12.5 Å². The summed E-state index contributed by atoms with van der Waals surface area (Å²) < 4.78 is 29.0. The molecule has 3 N–H and O–H groups in total. The first-order valence-electron chi connectivity index (χ1n) is 6.18. The van der Waals surface area contributed by atoms with E-state index in [-0.39, 0.29) is 11.4 Å². The van der Waals surface area contributed by atoms with E-state index in [1.807, 2.05) is 6.92 Å². The van der Waals surface area contributed by atoms with Crippen LogP contribution < -0.4 is 15.8 Å². The highest BCUT2D eigenvalue weighted by Gasteiger charge is 2.13. The molecule has 110 valence electrons. The number of halogens is 2. The number of nitrogens with one attached hydrogen (secondary N) is 1. The highest BCUT2D eigenvalue weighted by Crippen LogP contribution is 2.26. The standard InChI is InChI=1S/C15H14F2N2O2/c1-9-6-7-10(8-11(9)18)14(20)19-12-4-2-3-5-13(12)21-15(16)17/h2-8,15H,18H2,1H3,(H,19,20). The van der Waals surface area contributed by atoms with Gasteiger partial charge in [-0.2, -0.15) is 8.78 Å². The van der Waals surface area contributed by atoms with Crippen LogP contribution in [0, 0.1) is 6.92 Å². The Kier molecular flexibility index (Phi) is 4.37. The van der Waals surface area contributed by atoms with Gasteiger partial charge >= 0.3 is 6.61 Å². The minimum atomic E-state index is -2.96. The van der Waals surface area contributed by atoms with Crippen molar-refractivity contribution >= 4 is 17.3 Å². The zero-order valence-electron chi connectivity index (χ0n) is 11.3. The maximum absolute atomic E-state index is 12.3. The normalized spacial score (nSPS) is 10.5. The number of hydrogen-bond acceptors (Lipinski definition) is 3. The second kappa shape index (κ2) is 6.21. The predicted octanol–water partition coefficient (Wildman–Crippen LogP) is 3.43. The molecule has 2 rings (SSSR count). The van der Waals surface area contributed by atoms with Gasteiger partial charge in [-0.05, 0) is 36.8 Å². The molecule has 0 unspecified atom stereocenters. The van der Waals surface area contributed by atoms with E-state index in [1.54, 1.807) is 18.2 Å². The van der Waals surface area contributed by atoms with Crippen LogP contribution in [-0.2, 0) is 0 Å². The third-order valence-electron chi connectivity index (χ3n) is 2.89. The first-order valence-corrected chi connectivity index (χ1v) is 6.18. The largest absolute Gasteiger partial charge is 0.433 e. The lowest BCUT2D eigenvalue weighted by Gasteiger charge is -2.12. The summed E-state index contributed by atoms with van der Waals surface area (Å²) in [6.07, 6.45) is 0. The van der Waals surface area contributed by atoms with Crippen molar-refractivity contribution in [2.45, 2.75) is 13.5 Å². The van der Waals surface area contributed by atoms with E-state index in [9.17, 15) is 13.6 Å². The van der Waals surface area contributed by atoms with Gasteiger partial charge in [-0.15, -0.1) is 0 Å². The Hall–Kier alpha value is -2.63. The fourth-order valence-corrected chi connectivity index (χ4v) is 1.74. The van der Waals surface area contributed by atoms with Crippen molar-refractivity contribution in [3.8, 4) is 5.75 Å². The van der Waals surface area contributed by atoms with Crippen molar-refractivity contribution in [2.24, 2.45) is 0 Å². The van der Waals surface area contributed by atoms with Gasteiger partial charge in [0.05, 0.1) is 5.69 Å². The predicted molar refractivity (Wildman–Crippen MR) is 76.6 cm³/mol. The number of aryl methyl sites for hydroxylation is 1. The molecular weight excluding hydrogens is 278 g/mol. The third kappa shape index (κ3) is 3.68. The van der Waals surface area contributed by atoms with E-state index in [1.165, 1.54) is 24.3 Å². The molecule has 21 heavy (non-hydrogen) atoms. The number of nitrogens with two attached hydrogens (primary N) is 1. The zero-order chi connectivity index (χ0) is 15.4. The van der Waals surface area contributed by atoms with Crippen LogP contribution in [-0.4, -0.2) is 12.5 Å². The van der Waals surface area contributed by atoms with Gasteiger partial charge in [0.1, 0.15) is 5.75 Å².